The summed E-state index contributed by atoms with van der Waals surface area (Å²) in [5, 5.41) is 10.9. The molecule has 0 spiro atoms. The molecule has 166 valence electrons. The molecule has 3 N–H and O–H groups in total. The van der Waals surface area contributed by atoms with Gasteiger partial charge in [0.05, 0.1) is 11.1 Å². The van der Waals surface area contributed by atoms with Gasteiger partial charge in [-0.1, -0.05) is 38.1 Å². The number of aromatic nitrogens is 2. The van der Waals surface area contributed by atoms with Gasteiger partial charge in [-0.2, -0.15) is 0 Å². The second-order valence-corrected chi connectivity index (χ2v) is 9.10. The molecule has 4 aromatic rings. The van der Waals surface area contributed by atoms with Crippen molar-refractivity contribution in [2.24, 2.45) is 0 Å². The van der Waals surface area contributed by atoms with Crippen molar-refractivity contribution >= 4 is 28.3 Å². The molecule has 33 heavy (non-hydrogen) atoms. The molecule has 2 aromatic heterocycles. The van der Waals surface area contributed by atoms with Crippen molar-refractivity contribution in [3.63, 3.8) is 0 Å². The fourth-order valence-corrected chi connectivity index (χ4v) is 4.42. The van der Waals surface area contributed by atoms with Crippen molar-refractivity contribution in [3.05, 3.63) is 95.3 Å². The van der Waals surface area contributed by atoms with E-state index in [-0.39, 0.29) is 11.3 Å². The monoisotopic (exact) mass is 437 g/mol. The van der Waals surface area contributed by atoms with Crippen molar-refractivity contribution < 1.29 is 4.79 Å². The summed E-state index contributed by atoms with van der Waals surface area (Å²) in [6.07, 6.45) is 3.48. The zero-order chi connectivity index (χ0) is 22.8. The van der Waals surface area contributed by atoms with E-state index in [1.54, 1.807) is 24.5 Å². The SMILES string of the molecule is CC1(C)CNCc2cc(NC(=O)c3cccnc3NCc3ccc4cccnc4c3)ccc21. The molecule has 0 unspecified atom stereocenters. The molecule has 5 rings (SSSR count). The molecule has 2 aromatic carbocycles. The fraction of sp³-hybridized carbons (Fsp3) is 0.222. The Morgan fingerprint density at radius 1 is 1.03 bits per heavy atom. The Morgan fingerprint density at radius 2 is 1.88 bits per heavy atom. The molecule has 0 saturated carbocycles. The van der Waals surface area contributed by atoms with Gasteiger partial charge in [0.25, 0.3) is 5.91 Å². The maximum Gasteiger partial charge on any atom is 0.259 e. The van der Waals surface area contributed by atoms with E-state index in [4.69, 9.17) is 0 Å². The Morgan fingerprint density at radius 3 is 2.79 bits per heavy atom. The van der Waals surface area contributed by atoms with Crippen LogP contribution in [0.1, 0.15) is 40.9 Å². The molecule has 0 aliphatic carbocycles. The summed E-state index contributed by atoms with van der Waals surface area (Å²) in [4.78, 5) is 21.9. The number of benzene rings is 2. The van der Waals surface area contributed by atoms with E-state index in [0.29, 0.717) is 17.9 Å². The molecular weight excluding hydrogens is 410 g/mol. The van der Waals surface area contributed by atoms with Gasteiger partial charge < -0.3 is 16.0 Å². The summed E-state index contributed by atoms with van der Waals surface area (Å²) in [6, 6.07) is 19.9. The molecule has 0 fully saturated rings. The van der Waals surface area contributed by atoms with Crippen molar-refractivity contribution in [2.45, 2.75) is 32.4 Å². The summed E-state index contributed by atoms with van der Waals surface area (Å²) < 4.78 is 0. The molecule has 0 bridgehead atoms. The van der Waals surface area contributed by atoms with Crippen LogP contribution in [0.3, 0.4) is 0 Å². The quantitative estimate of drug-likeness (QED) is 0.415. The normalized spacial score (nSPS) is 14.5. The van der Waals surface area contributed by atoms with Crippen LogP contribution in [0, 0.1) is 0 Å². The summed E-state index contributed by atoms with van der Waals surface area (Å²) >= 11 is 0. The van der Waals surface area contributed by atoms with Gasteiger partial charge in [-0.15, -0.1) is 0 Å². The van der Waals surface area contributed by atoms with E-state index < -0.39 is 0 Å². The van der Waals surface area contributed by atoms with Crippen LogP contribution in [0.2, 0.25) is 0 Å². The van der Waals surface area contributed by atoms with Crippen LogP contribution in [-0.4, -0.2) is 22.4 Å². The average molecular weight is 438 g/mol. The molecular formula is C27H27N5O. The van der Waals surface area contributed by atoms with Gasteiger partial charge in [-0.3, -0.25) is 9.78 Å². The first-order chi connectivity index (χ1) is 16.0. The van der Waals surface area contributed by atoms with Crippen LogP contribution in [0.15, 0.2) is 73.1 Å². The van der Waals surface area contributed by atoms with Gasteiger partial charge in [0.2, 0.25) is 0 Å². The topological polar surface area (TPSA) is 78.9 Å². The summed E-state index contributed by atoms with van der Waals surface area (Å²) in [5.74, 6) is 0.366. The third kappa shape index (κ3) is 4.43. The number of anilines is 2. The minimum absolute atomic E-state index is 0.0782. The highest BCUT2D eigenvalue weighted by atomic mass is 16.1. The lowest BCUT2D eigenvalue weighted by molar-refractivity contribution is 0.102. The zero-order valence-corrected chi connectivity index (χ0v) is 18.9. The van der Waals surface area contributed by atoms with Crippen molar-refractivity contribution in [1.82, 2.24) is 15.3 Å². The number of hydrogen-bond donors (Lipinski definition) is 3. The highest BCUT2D eigenvalue weighted by Gasteiger charge is 2.27. The molecule has 1 aliphatic rings. The lowest BCUT2D eigenvalue weighted by atomic mass is 9.79. The molecule has 1 aliphatic heterocycles. The van der Waals surface area contributed by atoms with Crippen LogP contribution in [0.25, 0.3) is 10.9 Å². The first-order valence-corrected chi connectivity index (χ1v) is 11.2. The molecule has 6 heteroatoms. The Labute approximate surface area is 193 Å². The minimum atomic E-state index is -0.186. The number of rotatable bonds is 5. The highest BCUT2D eigenvalue weighted by molar-refractivity contribution is 6.07. The van der Waals surface area contributed by atoms with Gasteiger partial charge in [-0.05, 0) is 53.1 Å². The van der Waals surface area contributed by atoms with Crippen LogP contribution in [-0.2, 0) is 18.5 Å². The number of carbonyl (C=O) groups is 1. The third-order valence-corrected chi connectivity index (χ3v) is 6.16. The number of fused-ring (bicyclic) bond motifs is 2. The fourth-order valence-electron chi connectivity index (χ4n) is 4.42. The minimum Gasteiger partial charge on any atom is -0.365 e. The molecule has 6 nitrogen and oxygen atoms in total. The summed E-state index contributed by atoms with van der Waals surface area (Å²) in [5.41, 5.74) is 5.94. The van der Waals surface area contributed by atoms with Crippen LogP contribution in [0.5, 0.6) is 0 Å². The standard InChI is InChI=1S/C27H27N5O/c1-27(2)17-28-16-20-14-21(9-10-23(20)27)32-26(33)22-6-4-12-30-25(22)31-15-18-7-8-19-5-3-11-29-24(19)13-18/h3-14,28H,15-17H2,1-2H3,(H,30,31)(H,32,33). The number of nitrogens with zero attached hydrogens (tertiary/aromatic N) is 2. The zero-order valence-electron chi connectivity index (χ0n) is 18.9. The van der Waals surface area contributed by atoms with Crippen molar-refractivity contribution in [1.29, 1.82) is 0 Å². The molecule has 0 saturated heterocycles. The Balaban J connectivity index is 1.32. The van der Waals surface area contributed by atoms with Gasteiger partial charge in [0, 0.05) is 48.5 Å². The summed E-state index contributed by atoms with van der Waals surface area (Å²) in [6.45, 7) is 6.76. The van der Waals surface area contributed by atoms with E-state index in [2.05, 4.69) is 64.0 Å². The third-order valence-electron chi connectivity index (χ3n) is 6.16. The number of nitrogens with one attached hydrogen (secondary N) is 3. The van der Waals surface area contributed by atoms with Crippen LogP contribution in [0.4, 0.5) is 11.5 Å². The van der Waals surface area contributed by atoms with Crippen molar-refractivity contribution in [2.75, 3.05) is 17.2 Å². The van der Waals surface area contributed by atoms with Crippen LogP contribution < -0.4 is 16.0 Å². The van der Waals surface area contributed by atoms with Crippen LogP contribution >= 0.6 is 0 Å². The molecule has 0 radical (unpaired) electrons. The lowest BCUT2D eigenvalue weighted by Gasteiger charge is -2.33. The van der Waals surface area contributed by atoms with Crippen molar-refractivity contribution in [3.8, 4) is 0 Å². The number of pyridine rings is 2. The second kappa shape index (κ2) is 8.64. The number of hydrogen-bond acceptors (Lipinski definition) is 5. The maximum atomic E-state index is 13.1. The predicted octanol–water partition coefficient (Wildman–Crippen LogP) is 4.88. The van der Waals surface area contributed by atoms with Gasteiger partial charge >= 0.3 is 0 Å². The Bertz CT molecular complexity index is 1330. The van der Waals surface area contributed by atoms with E-state index >= 15 is 0 Å². The lowest BCUT2D eigenvalue weighted by Crippen LogP contribution is -2.38. The van der Waals surface area contributed by atoms with Gasteiger partial charge in [0.15, 0.2) is 0 Å². The van der Waals surface area contributed by atoms with E-state index in [9.17, 15) is 4.79 Å². The molecule has 3 heterocycles. The van der Waals surface area contributed by atoms with E-state index in [1.165, 1.54) is 11.1 Å². The van der Waals surface area contributed by atoms with Gasteiger partial charge in [-0.25, -0.2) is 4.98 Å². The largest absolute Gasteiger partial charge is 0.365 e. The summed E-state index contributed by atoms with van der Waals surface area (Å²) in [7, 11) is 0. The second-order valence-electron chi connectivity index (χ2n) is 9.10. The molecule has 1 amide bonds. The first kappa shape index (κ1) is 21.1. The predicted molar refractivity (Wildman–Crippen MR) is 132 cm³/mol. The van der Waals surface area contributed by atoms with E-state index in [1.807, 2.05) is 24.3 Å². The number of amides is 1. The Hall–Kier alpha value is -3.77. The highest BCUT2D eigenvalue weighted by Crippen LogP contribution is 2.31. The smallest absolute Gasteiger partial charge is 0.259 e. The van der Waals surface area contributed by atoms with Gasteiger partial charge in [0.1, 0.15) is 5.82 Å². The van der Waals surface area contributed by atoms with E-state index in [0.717, 1.165) is 35.2 Å². The first-order valence-electron chi connectivity index (χ1n) is 11.2. The molecule has 0 atom stereocenters. The Kier molecular flexibility index (Phi) is 5.52. The average Bonchev–Trinajstić information content (AvgIpc) is 2.82. The maximum absolute atomic E-state index is 13.1. The number of carbonyl (C=O) groups excluding carboxylic acids is 1.